The summed E-state index contributed by atoms with van der Waals surface area (Å²) in [6, 6.07) is 25.4. The van der Waals surface area contributed by atoms with Crippen LogP contribution in [0.25, 0.3) is 0 Å². The second-order valence-corrected chi connectivity index (χ2v) is 15.8. The lowest BCUT2D eigenvalue weighted by molar-refractivity contribution is -0.0290. The predicted molar refractivity (Wildman–Crippen MR) is 149 cm³/mol. The molecular formula is C31H40O4Si. The Kier molecular flexibility index (Phi) is 7.38. The average Bonchev–Trinajstić information content (AvgIpc) is 2.91. The van der Waals surface area contributed by atoms with Gasteiger partial charge in [-0.3, -0.25) is 0 Å². The topological polar surface area (TPSA) is 58.9 Å². The fraction of sp³-hybridized carbons (Fsp3) is 0.419. The van der Waals surface area contributed by atoms with E-state index in [4.69, 9.17) is 9.16 Å². The third kappa shape index (κ3) is 4.84. The van der Waals surface area contributed by atoms with Crippen molar-refractivity contribution in [1.82, 2.24) is 0 Å². The number of rotatable bonds is 6. The molecule has 4 rings (SSSR count). The first kappa shape index (κ1) is 26.5. The van der Waals surface area contributed by atoms with Gasteiger partial charge in [0.1, 0.15) is 17.1 Å². The summed E-state index contributed by atoms with van der Waals surface area (Å²) in [5, 5.41) is 23.0. The van der Waals surface area contributed by atoms with Crippen LogP contribution in [0, 0.1) is 6.92 Å². The molecule has 0 bridgehead atoms. The molecule has 0 unspecified atom stereocenters. The van der Waals surface area contributed by atoms with Gasteiger partial charge in [-0.1, -0.05) is 81.4 Å². The van der Waals surface area contributed by atoms with Gasteiger partial charge in [-0.05, 0) is 72.6 Å². The highest BCUT2D eigenvalue weighted by atomic mass is 28.4. The lowest BCUT2D eigenvalue weighted by Crippen LogP contribution is -2.68. The smallest absolute Gasteiger partial charge is 0.319 e. The second kappa shape index (κ2) is 10.0. The Morgan fingerprint density at radius 3 is 2.03 bits per heavy atom. The van der Waals surface area contributed by atoms with Crippen molar-refractivity contribution in [2.45, 2.75) is 77.0 Å². The number of hydrogen-bond donors (Lipinski definition) is 2. The maximum atomic E-state index is 10.9. The fourth-order valence-electron chi connectivity index (χ4n) is 5.47. The maximum absolute atomic E-state index is 10.9. The molecule has 3 aromatic carbocycles. The normalized spacial score (nSPS) is 19.7. The molecule has 4 nitrogen and oxygen atoms in total. The van der Waals surface area contributed by atoms with Gasteiger partial charge in [0.25, 0.3) is 0 Å². The Morgan fingerprint density at radius 1 is 0.972 bits per heavy atom. The largest absolute Gasteiger partial charge is 0.534 e. The lowest BCUT2D eigenvalue weighted by atomic mass is 9.86. The van der Waals surface area contributed by atoms with Gasteiger partial charge in [-0.2, -0.15) is 0 Å². The second-order valence-electron chi connectivity index (χ2n) is 11.6. The maximum Gasteiger partial charge on any atom is 0.319 e. The Hall–Kier alpha value is -2.60. The van der Waals surface area contributed by atoms with E-state index in [1.54, 1.807) is 0 Å². The summed E-state index contributed by atoms with van der Waals surface area (Å²) in [5.74, 6) is 1.58. The van der Waals surface area contributed by atoms with Crippen LogP contribution < -0.4 is 19.5 Å². The van der Waals surface area contributed by atoms with Gasteiger partial charge in [0, 0.05) is 12.2 Å². The zero-order valence-corrected chi connectivity index (χ0v) is 23.4. The standard InChI is InChI=1S/C31H40O4Si/c1-22-19-28-26(23(17-18-32)20-29(33)31(5,6)34-28)21-27(22)35-36(30(2,3)4,24-13-9-7-10-14-24)25-15-11-8-12-16-25/h7-16,19,21,23,29,32-33H,17-18,20H2,1-6H3/t23-,29-/m0/s1. The molecule has 0 spiro atoms. The molecule has 1 aliphatic heterocycles. The van der Waals surface area contributed by atoms with Crippen LogP contribution in [0.1, 0.15) is 64.5 Å². The minimum absolute atomic E-state index is 0.0242. The summed E-state index contributed by atoms with van der Waals surface area (Å²) in [5.41, 5.74) is 1.27. The number of fused-ring (bicyclic) bond motifs is 1. The predicted octanol–water partition coefficient (Wildman–Crippen LogP) is 5.32. The van der Waals surface area contributed by atoms with E-state index in [0.29, 0.717) is 12.8 Å². The van der Waals surface area contributed by atoms with E-state index in [9.17, 15) is 10.2 Å². The summed E-state index contributed by atoms with van der Waals surface area (Å²) in [7, 11) is -2.80. The Bertz CT molecular complexity index is 1130. The highest BCUT2D eigenvalue weighted by molar-refractivity contribution is 7.00. The first-order chi connectivity index (χ1) is 17.0. The van der Waals surface area contributed by atoms with Crippen molar-refractivity contribution < 1.29 is 19.4 Å². The van der Waals surface area contributed by atoms with Crippen LogP contribution in [-0.2, 0) is 0 Å². The van der Waals surface area contributed by atoms with E-state index in [2.05, 4.69) is 82.3 Å². The molecule has 2 N–H and O–H groups in total. The van der Waals surface area contributed by atoms with Crippen LogP contribution in [0.2, 0.25) is 5.04 Å². The van der Waals surface area contributed by atoms with Gasteiger partial charge >= 0.3 is 8.32 Å². The third-order valence-corrected chi connectivity index (χ3v) is 12.5. The van der Waals surface area contributed by atoms with Gasteiger partial charge < -0.3 is 19.4 Å². The molecular weight excluding hydrogens is 464 g/mol. The van der Waals surface area contributed by atoms with Gasteiger partial charge in [-0.15, -0.1) is 0 Å². The van der Waals surface area contributed by atoms with Crippen molar-refractivity contribution >= 4 is 18.7 Å². The molecule has 1 heterocycles. The quantitative estimate of drug-likeness (QED) is 0.446. The molecule has 0 aliphatic carbocycles. The van der Waals surface area contributed by atoms with Crippen LogP contribution in [0.5, 0.6) is 11.5 Å². The molecule has 2 atom stereocenters. The molecule has 0 saturated carbocycles. The molecule has 36 heavy (non-hydrogen) atoms. The van der Waals surface area contributed by atoms with E-state index in [1.807, 2.05) is 32.0 Å². The highest BCUT2D eigenvalue weighted by Crippen LogP contribution is 2.45. The highest BCUT2D eigenvalue weighted by Gasteiger charge is 2.52. The molecule has 0 radical (unpaired) electrons. The average molecular weight is 505 g/mol. The number of aliphatic hydroxyl groups excluding tert-OH is 2. The molecule has 0 saturated heterocycles. The van der Waals surface area contributed by atoms with Crippen molar-refractivity contribution in [3.05, 3.63) is 83.9 Å². The molecule has 3 aromatic rings. The number of aliphatic hydroxyl groups is 2. The van der Waals surface area contributed by atoms with Gasteiger partial charge in [-0.25, -0.2) is 0 Å². The van der Waals surface area contributed by atoms with E-state index in [0.717, 1.165) is 22.6 Å². The summed E-state index contributed by atoms with van der Waals surface area (Å²) in [6.07, 6.45) is 0.454. The van der Waals surface area contributed by atoms with E-state index in [-0.39, 0.29) is 17.6 Å². The van der Waals surface area contributed by atoms with Gasteiger partial charge in [0.05, 0.1) is 6.10 Å². The number of benzene rings is 3. The van der Waals surface area contributed by atoms with Crippen molar-refractivity contribution in [2.75, 3.05) is 6.61 Å². The third-order valence-electron chi connectivity index (χ3n) is 7.59. The minimum Gasteiger partial charge on any atom is -0.534 e. The van der Waals surface area contributed by atoms with Gasteiger partial charge in [0.2, 0.25) is 0 Å². The van der Waals surface area contributed by atoms with Gasteiger partial charge in [0.15, 0.2) is 0 Å². The number of aryl methyl sites for hydroxylation is 1. The molecule has 0 fully saturated rings. The van der Waals surface area contributed by atoms with Crippen LogP contribution in [-0.4, -0.2) is 36.8 Å². The molecule has 192 valence electrons. The molecule has 5 heteroatoms. The lowest BCUT2D eigenvalue weighted by Gasteiger charge is -2.43. The summed E-state index contributed by atoms with van der Waals surface area (Å²) >= 11 is 0. The number of hydrogen-bond acceptors (Lipinski definition) is 4. The summed E-state index contributed by atoms with van der Waals surface area (Å²) in [4.78, 5) is 0. The molecule has 0 amide bonds. The monoisotopic (exact) mass is 504 g/mol. The number of ether oxygens (including phenoxy) is 1. The summed E-state index contributed by atoms with van der Waals surface area (Å²) < 4.78 is 13.7. The van der Waals surface area contributed by atoms with E-state index >= 15 is 0 Å². The zero-order valence-electron chi connectivity index (χ0n) is 22.4. The van der Waals surface area contributed by atoms with E-state index in [1.165, 1.54) is 10.4 Å². The fourth-order valence-corrected chi connectivity index (χ4v) is 9.95. The zero-order chi connectivity index (χ0) is 26.1. The van der Waals surface area contributed by atoms with Crippen molar-refractivity contribution in [1.29, 1.82) is 0 Å². The summed E-state index contributed by atoms with van der Waals surface area (Å²) in [6.45, 7) is 12.8. The van der Waals surface area contributed by atoms with Crippen LogP contribution in [0.4, 0.5) is 0 Å². The first-order valence-electron chi connectivity index (χ1n) is 12.9. The molecule has 1 aliphatic rings. The molecule has 0 aromatic heterocycles. The van der Waals surface area contributed by atoms with Crippen molar-refractivity contribution in [3.63, 3.8) is 0 Å². The van der Waals surface area contributed by atoms with E-state index < -0.39 is 20.0 Å². The first-order valence-corrected chi connectivity index (χ1v) is 14.8. The van der Waals surface area contributed by atoms with Crippen molar-refractivity contribution in [2.24, 2.45) is 0 Å². The Labute approximate surface area is 217 Å². The van der Waals surface area contributed by atoms with Crippen LogP contribution >= 0.6 is 0 Å². The Morgan fingerprint density at radius 2 is 1.53 bits per heavy atom. The van der Waals surface area contributed by atoms with Crippen LogP contribution in [0.15, 0.2) is 72.8 Å². The van der Waals surface area contributed by atoms with Crippen molar-refractivity contribution in [3.8, 4) is 11.5 Å². The van der Waals surface area contributed by atoms with Crippen LogP contribution in [0.3, 0.4) is 0 Å². The Balaban J connectivity index is 1.92. The SMILES string of the molecule is Cc1cc2c(cc1O[Si](c1ccccc1)(c1ccccc1)C(C)(C)C)[C@@H](CCO)C[C@H](O)C(C)(C)O2. The minimum atomic E-state index is -2.80.